The van der Waals surface area contributed by atoms with Crippen LogP contribution in [0.15, 0.2) is 102 Å². The van der Waals surface area contributed by atoms with E-state index in [1.165, 1.54) is 18.0 Å². The van der Waals surface area contributed by atoms with E-state index < -0.39 is 6.04 Å². The summed E-state index contributed by atoms with van der Waals surface area (Å²) in [6.07, 6.45) is 7.54. The van der Waals surface area contributed by atoms with Crippen molar-refractivity contribution in [3.05, 3.63) is 137 Å². The van der Waals surface area contributed by atoms with Gasteiger partial charge in [-0.25, -0.2) is 9.67 Å². The fourth-order valence-electron chi connectivity index (χ4n) is 5.68. The standard InChI is InChI=1S/C35H34N6O3/c1-25-32(26(2)44-38-25)16-17-34(42)40(21-28-12-14-31(15-13-28)41-24-36-23-37-41)33(20-27-8-4-3-5-9-27)35(43)39-19-18-29-10-6-7-11-30(29)22-39/h3-17,23-24,33H,18-22H2,1-2H3. The van der Waals surface area contributed by atoms with Gasteiger partial charge in [0, 0.05) is 37.7 Å². The lowest BCUT2D eigenvalue weighted by atomic mass is 9.97. The topological polar surface area (TPSA) is 97.4 Å². The van der Waals surface area contributed by atoms with Crippen LogP contribution in [0.1, 0.15) is 39.3 Å². The fraction of sp³-hybridized carbons (Fsp3) is 0.229. The number of benzene rings is 3. The molecule has 0 saturated heterocycles. The van der Waals surface area contributed by atoms with Crippen molar-refractivity contribution < 1.29 is 14.1 Å². The molecule has 0 spiro atoms. The molecule has 3 aromatic carbocycles. The van der Waals surface area contributed by atoms with Crippen LogP contribution in [0.3, 0.4) is 0 Å². The molecule has 0 aliphatic carbocycles. The Bertz CT molecular complexity index is 1740. The number of aryl methyl sites for hydroxylation is 2. The maximum atomic E-state index is 14.5. The van der Waals surface area contributed by atoms with Gasteiger partial charge in [0.1, 0.15) is 24.5 Å². The molecule has 44 heavy (non-hydrogen) atoms. The van der Waals surface area contributed by atoms with E-state index in [0.717, 1.165) is 34.4 Å². The Morgan fingerprint density at radius 2 is 1.70 bits per heavy atom. The molecule has 1 aliphatic rings. The fourth-order valence-corrected chi connectivity index (χ4v) is 5.68. The van der Waals surface area contributed by atoms with Gasteiger partial charge in [-0.15, -0.1) is 0 Å². The number of aromatic nitrogens is 4. The summed E-state index contributed by atoms with van der Waals surface area (Å²) in [6, 6.07) is 25.2. The molecule has 1 unspecified atom stereocenters. The number of hydrogen-bond donors (Lipinski definition) is 0. The van der Waals surface area contributed by atoms with Crippen LogP contribution < -0.4 is 0 Å². The van der Waals surface area contributed by atoms with Crippen molar-refractivity contribution in [2.45, 2.75) is 45.8 Å². The first kappa shape index (κ1) is 28.8. The molecule has 222 valence electrons. The average molecular weight is 587 g/mol. The first-order valence-corrected chi connectivity index (χ1v) is 14.7. The Morgan fingerprint density at radius 3 is 2.41 bits per heavy atom. The normalized spacial score (nSPS) is 13.5. The Morgan fingerprint density at radius 1 is 0.955 bits per heavy atom. The highest BCUT2D eigenvalue weighted by molar-refractivity contribution is 5.96. The lowest BCUT2D eigenvalue weighted by Crippen LogP contribution is -2.52. The van der Waals surface area contributed by atoms with E-state index in [2.05, 4.69) is 27.4 Å². The Kier molecular flexibility index (Phi) is 8.45. The second kappa shape index (κ2) is 12.9. The maximum Gasteiger partial charge on any atom is 0.247 e. The minimum absolute atomic E-state index is 0.0679. The first-order chi connectivity index (χ1) is 21.5. The summed E-state index contributed by atoms with van der Waals surface area (Å²) in [5, 5.41) is 8.21. The van der Waals surface area contributed by atoms with E-state index in [4.69, 9.17) is 4.52 Å². The van der Waals surface area contributed by atoms with Gasteiger partial charge in [-0.3, -0.25) is 9.59 Å². The van der Waals surface area contributed by atoms with Gasteiger partial charge in [-0.2, -0.15) is 5.10 Å². The van der Waals surface area contributed by atoms with Gasteiger partial charge in [0.25, 0.3) is 0 Å². The quantitative estimate of drug-likeness (QED) is 0.223. The van der Waals surface area contributed by atoms with Crippen molar-refractivity contribution in [2.24, 2.45) is 0 Å². The van der Waals surface area contributed by atoms with Gasteiger partial charge in [0.05, 0.1) is 11.4 Å². The van der Waals surface area contributed by atoms with Crippen LogP contribution in [-0.2, 0) is 35.5 Å². The molecular weight excluding hydrogens is 552 g/mol. The molecule has 0 saturated carbocycles. The highest BCUT2D eigenvalue weighted by atomic mass is 16.5. The summed E-state index contributed by atoms with van der Waals surface area (Å²) in [7, 11) is 0. The summed E-state index contributed by atoms with van der Waals surface area (Å²) >= 11 is 0. The van der Waals surface area contributed by atoms with Crippen LogP contribution in [0, 0.1) is 13.8 Å². The number of carbonyl (C=O) groups excluding carboxylic acids is 2. The Hall–Kier alpha value is -5.31. The zero-order valence-electron chi connectivity index (χ0n) is 24.8. The van der Waals surface area contributed by atoms with Gasteiger partial charge in [0.2, 0.25) is 11.8 Å². The zero-order valence-corrected chi connectivity index (χ0v) is 24.8. The molecule has 9 heteroatoms. The monoisotopic (exact) mass is 586 g/mol. The smallest absolute Gasteiger partial charge is 0.247 e. The molecule has 6 rings (SSSR count). The molecule has 1 aliphatic heterocycles. The van der Waals surface area contributed by atoms with E-state index in [-0.39, 0.29) is 18.4 Å². The molecule has 9 nitrogen and oxygen atoms in total. The third-order valence-corrected chi connectivity index (χ3v) is 8.11. The van der Waals surface area contributed by atoms with Crippen molar-refractivity contribution in [3.8, 4) is 5.69 Å². The van der Waals surface area contributed by atoms with Gasteiger partial charge >= 0.3 is 0 Å². The van der Waals surface area contributed by atoms with Crippen molar-refractivity contribution >= 4 is 17.9 Å². The molecule has 0 fully saturated rings. The number of hydrogen-bond acceptors (Lipinski definition) is 6. The SMILES string of the molecule is Cc1noc(C)c1C=CC(=O)N(Cc1ccc(-n2cncn2)cc1)C(Cc1ccccc1)C(=O)N1CCc2ccccc2C1. The van der Waals surface area contributed by atoms with E-state index in [0.29, 0.717) is 31.0 Å². The van der Waals surface area contributed by atoms with Crippen molar-refractivity contribution in [2.75, 3.05) is 6.54 Å². The lowest BCUT2D eigenvalue weighted by molar-refractivity contribution is -0.144. The van der Waals surface area contributed by atoms with Crippen molar-refractivity contribution in [3.63, 3.8) is 0 Å². The number of rotatable bonds is 9. The van der Waals surface area contributed by atoms with Gasteiger partial charge < -0.3 is 14.3 Å². The molecule has 0 radical (unpaired) electrons. The van der Waals surface area contributed by atoms with E-state index in [1.807, 2.05) is 85.5 Å². The van der Waals surface area contributed by atoms with Crippen LogP contribution >= 0.6 is 0 Å². The summed E-state index contributed by atoms with van der Waals surface area (Å²) < 4.78 is 6.98. The first-order valence-electron chi connectivity index (χ1n) is 14.7. The predicted molar refractivity (Wildman–Crippen MR) is 166 cm³/mol. The largest absolute Gasteiger partial charge is 0.361 e. The third kappa shape index (κ3) is 6.36. The highest BCUT2D eigenvalue weighted by Gasteiger charge is 2.34. The Labute approximate surface area is 256 Å². The average Bonchev–Trinajstić information content (AvgIpc) is 3.71. The molecule has 2 amide bonds. The zero-order chi connectivity index (χ0) is 30.5. The second-order valence-electron chi connectivity index (χ2n) is 11.0. The summed E-state index contributed by atoms with van der Waals surface area (Å²) in [6.45, 7) is 5.02. The molecule has 0 N–H and O–H groups in total. The van der Waals surface area contributed by atoms with Crippen LogP contribution in [-0.4, -0.2) is 54.1 Å². The maximum absolute atomic E-state index is 14.5. The minimum Gasteiger partial charge on any atom is -0.361 e. The third-order valence-electron chi connectivity index (χ3n) is 8.11. The minimum atomic E-state index is -0.723. The summed E-state index contributed by atoms with van der Waals surface area (Å²) in [5.74, 6) is 0.296. The highest BCUT2D eigenvalue weighted by Crippen LogP contribution is 2.24. The predicted octanol–water partition coefficient (Wildman–Crippen LogP) is 5.11. The summed E-state index contributed by atoms with van der Waals surface area (Å²) in [4.78, 5) is 36.2. The number of nitrogens with zero attached hydrogens (tertiary/aromatic N) is 6. The summed E-state index contributed by atoms with van der Waals surface area (Å²) in [5.41, 5.74) is 6.59. The van der Waals surface area contributed by atoms with Crippen LogP contribution in [0.25, 0.3) is 11.8 Å². The van der Waals surface area contributed by atoms with Gasteiger partial charge in [-0.1, -0.05) is 71.9 Å². The van der Waals surface area contributed by atoms with E-state index in [1.54, 1.807) is 22.0 Å². The van der Waals surface area contributed by atoms with Crippen LogP contribution in [0.5, 0.6) is 0 Å². The van der Waals surface area contributed by atoms with E-state index >= 15 is 0 Å². The van der Waals surface area contributed by atoms with E-state index in [9.17, 15) is 9.59 Å². The number of carbonyl (C=O) groups is 2. The molecular formula is C35H34N6O3. The Balaban J connectivity index is 1.35. The molecule has 2 aromatic heterocycles. The molecule has 3 heterocycles. The van der Waals surface area contributed by atoms with Gasteiger partial charge in [0.15, 0.2) is 0 Å². The van der Waals surface area contributed by atoms with Crippen molar-refractivity contribution in [1.29, 1.82) is 0 Å². The van der Waals surface area contributed by atoms with Crippen LogP contribution in [0.2, 0.25) is 0 Å². The lowest BCUT2D eigenvalue weighted by Gasteiger charge is -2.37. The number of fused-ring (bicyclic) bond motifs is 1. The van der Waals surface area contributed by atoms with Crippen LogP contribution in [0.4, 0.5) is 0 Å². The van der Waals surface area contributed by atoms with Gasteiger partial charge in [-0.05, 0) is 60.7 Å². The second-order valence-corrected chi connectivity index (χ2v) is 11.0. The number of amides is 2. The molecule has 1 atom stereocenters. The molecule has 0 bridgehead atoms. The van der Waals surface area contributed by atoms with Crippen molar-refractivity contribution in [1.82, 2.24) is 29.7 Å². The molecule has 5 aromatic rings.